The molecule has 5 nitrogen and oxygen atoms in total. The van der Waals surface area contributed by atoms with Crippen molar-refractivity contribution in [1.29, 1.82) is 0 Å². The van der Waals surface area contributed by atoms with Crippen LogP contribution in [0.3, 0.4) is 0 Å². The van der Waals surface area contributed by atoms with Gasteiger partial charge in [-0.1, -0.05) is 18.2 Å². The highest BCUT2D eigenvalue weighted by Crippen LogP contribution is 2.27. The van der Waals surface area contributed by atoms with E-state index < -0.39 is 0 Å². The number of aryl methyl sites for hydroxylation is 1. The number of ketones is 1. The number of anilines is 1. The lowest BCUT2D eigenvalue weighted by Crippen LogP contribution is -2.14. The number of Topliss-reactive ketones (excluding diaryl/α,β-unsaturated/α-hetero) is 1. The first kappa shape index (κ1) is 17.0. The molecule has 1 N–H and O–H groups in total. The molecule has 0 unspecified atom stereocenters. The molecule has 0 aliphatic carbocycles. The third-order valence-electron chi connectivity index (χ3n) is 3.65. The standard InChI is InChI=1S/C19H17N3O2S/c1-12-17(25-19(21-12)16-8-3-4-9-20-16)11-18(24)22-15-7-5-6-14(10-15)13(2)23/h3-10H,11H2,1-2H3,(H,22,24). The number of hydrogen-bond donors (Lipinski definition) is 1. The lowest BCUT2D eigenvalue weighted by molar-refractivity contribution is -0.115. The number of amides is 1. The zero-order valence-corrected chi connectivity index (χ0v) is 14.8. The van der Waals surface area contributed by atoms with E-state index in [1.165, 1.54) is 18.3 Å². The van der Waals surface area contributed by atoms with Crippen LogP contribution in [0.5, 0.6) is 0 Å². The summed E-state index contributed by atoms with van der Waals surface area (Å²) in [6.45, 7) is 3.39. The van der Waals surface area contributed by atoms with Crippen LogP contribution < -0.4 is 5.32 Å². The molecule has 2 aromatic heterocycles. The van der Waals surface area contributed by atoms with Crippen LogP contribution in [0.4, 0.5) is 5.69 Å². The largest absolute Gasteiger partial charge is 0.326 e. The van der Waals surface area contributed by atoms with Crippen LogP contribution in [0.1, 0.15) is 27.9 Å². The molecule has 126 valence electrons. The van der Waals surface area contributed by atoms with Gasteiger partial charge in [0.1, 0.15) is 5.01 Å². The highest BCUT2D eigenvalue weighted by atomic mass is 32.1. The Morgan fingerprint density at radius 3 is 2.72 bits per heavy atom. The zero-order valence-electron chi connectivity index (χ0n) is 13.9. The van der Waals surface area contributed by atoms with Crippen LogP contribution >= 0.6 is 11.3 Å². The van der Waals surface area contributed by atoms with Gasteiger partial charge in [-0.15, -0.1) is 11.3 Å². The number of aromatic nitrogens is 2. The number of rotatable bonds is 5. The van der Waals surface area contributed by atoms with E-state index in [0.29, 0.717) is 11.3 Å². The van der Waals surface area contributed by atoms with Crippen molar-refractivity contribution < 1.29 is 9.59 Å². The molecule has 3 rings (SSSR count). The maximum Gasteiger partial charge on any atom is 0.229 e. The predicted octanol–water partition coefficient (Wildman–Crippen LogP) is 3.90. The molecule has 0 spiro atoms. The summed E-state index contributed by atoms with van der Waals surface area (Å²) in [6.07, 6.45) is 1.96. The van der Waals surface area contributed by atoms with Gasteiger partial charge in [0.25, 0.3) is 0 Å². The van der Waals surface area contributed by atoms with Gasteiger partial charge in [0.2, 0.25) is 5.91 Å². The van der Waals surface area contributed by atoms with Crippen LogP contribution in [0.15, 0.2) is 48.7 Å². The van der Waals surface area contributed by atoms with Crippen LogP contribution in [-0.4, -0.2) is 21.7 Å². The fourth-order valence-corrected chi connectivity index (χ4v) is 3.40. The van der Waals surface area contributed by atoms with Gasteiger partial charge in [-0.2, -0.15) is 0 Å². The molecule has 0 fully saturated rings. The minimum atomic E-state index is -0.139. The number of thiazole rings is 1. The van der Waals surface area contributed by atoms with Gasteiger partial charge in [-0.3, -0.25) is 14.6 Å². The molecule has 0 atom stereocenters. The number of pyridine rings is 1. The summed E-state index contributed by atoms with van der Waals surface area (Å²) in [7, 11) is 0. The minimum Gasteiger partial charge on any atom is -0.326 e. The highest BCUT2D eigenvalue weighted by molar-refractivity contribution is 7.15. The molecule has 0 aliphatic rings. The Labute approximate surface area is 149 Å². The molecule has 3 aromatic rings. The lowest BCUT2D eigenvalue weighted by atomic mass is 10.1. The van der Waals surface area contributed by atoms with Gasteiger partial charge in [-0.25, -0.2) is 4.98 Å². The van der Waals surface area contributed by atoms with Crippen LogP contribution in [0.25, 0.3) is 10.7 Å². The van der Waals surface area contributed by atoms with Crippen LogP contribution in [0.2, 0.25) is 0 Å². The summed E-state index contributed by atoms with van der Waals surface area (Å²) in [5.41, 5.74) is 2.82. The second kappa shape index (κ2) is 7.36. The normalized spacial score (nSPS) is 10.5. The maximum atomic E-state index is 12.3. The van der Waals surface area contributed by atoms with E-state index in [-0.39, 0.29) is 18.1 Å². The average Bonchev–Trinajstić information content (AvgIpc) is 2.96. The van der Waals surface area contributed by atoms with Gasteiger partial charge in [0, 0.05) is 22.3 Å². The minimum absolute atomic E-state index is 0.0330. The van der Waals surface area contributed by atoms with Crippen molar-refractivity contribution in [3.05, 3.63) is 64.8 Å². The molecule has 0 aliphatic heterocycles. The summed E-state index contributed by atoms with van der Waals surface area (Å²) >= 11 is 1.47. The fourth-order valence-electron chi connectivity index (χ4n) is 2.36. The van der Waals surface area contributed by atoms with Crippen molar-refractivity contribution in [3.8, 4) is 10.7 Å². The highest BCUT2D eigenvalue weighted by Gasteiger charge is 2.14. The first-order chi connectivity index (χ1) is 12.0. The number of nitrogens with zero attached hydrogens (tertiary/aromatic N) is 2. The smallest absolute Gasteiger partial charge is 0.229 e. The Morgan fingerprint density at radius 1 is 1.16 bits per heavy atom. The van der Waals surface area contributed by atoms with Gasteiger partial charge < -0.3 is 5.32 Å². The summed E-state index contributed by atoms with van der Waals surface area (Å²) in [5, 5.41) is 3.64. The molecule has 0 saturated carbocycles. The molecule has 1 aromatic carbocycles. The molecule has 0 saturated heterocycles. The first-order valence-electron chi connectivity index (χ1n) is 7.81. The van der Waals surface area contributed by atoms with E-state index in [1.807, 2.05) is 25.1 Å². The Hall–Kier alpha value is -2.86. The third-order valence-corrected chi connectivity index (χ3v) is 4.83. The topological polar surface area (TPSA) is 72.0 Å². The Kier molecular flexibility index (Phi) is 5.00. The van der Waals surface area contributed by atoms with Crippen LogP contribution in [-0.2, 0) is 11.2 Å². The maximum absolute atomic E-state index is 12.3. The summed E-state index contributed by atoms with van der Waals surface area (Å²) in [6, 6.07) is 12.6. The van der Waals surface area contributed by atoms with Gasteiger partial charge in [0.15, 0.2) is 5.78 Å². The van der Waals surface area contributed by atoms with E-state index in [0.717, 1.165) is 21.3 Å². The van der Waals surface area contributed by atoms with E-state index >= 15 is 0 Å². The quantitative estimate of drug-likeness (QED) is 0.708. The van der Waals surface area contributed by atoms with Crippen molar-refractivity contribution in [3.63, 3.8) is 0 Å². The van der Waals surface area contributed by atoms with Crippen molar-refractivity contribution >= 4 is 28.7 Å². The Morgan fingerprint density at radius 2 is 2.00 bits per heavy atom. The number of carbonyl (C=O) groups excluding carboxylic acids is 2. The molecule has 25 heavy (non-hydrogen) atoms. The van der Waals surface area contributed by atoms with Gasteiger partial charge in [-0.05, 0) is 38.1 Å². The van der Waals surface area contributed by atoms with E-state index in [4.69, 9.17) is 0 Å². The van der Waals surface area contributed by atoms with E-state index in [9.17, 15) is 9.59 Å². The van der Waals surface area contributed by atoms with Crippen molar-refractivity contribution in [2.24, 2.45) is 0 Å². The van der Waals surface area contributed by atoms with E-state index in [2.05, 4.69) is 15.3 Å². The number of carbonyl (C=O) groups is 2. The monoisotopic (exact) mass is 351 g/mol. The Balaban J connectivity index is 1.72. The predicted molar refractivity (Wildman–Crippen MR) is 98.9 cm³/mol. The summed E-state index contributed by atoms with van der Waals surface area (Å²) in [5.74, 6) is -0.172. The Bertz CT molecular complexity index is 919. The third kappa shape index (κ3) is 4.16. The van der Waals surface area contributed by atoms with Gasteiger partial charge in [0.05, 0.1) is 17.8 Å². The first-order valence-corrected chi connectivity index (χ1v) is 8.63. The molecule has 0 bridgehead atoms. The zero-order chi connectivity index (χ0) is 17.8. The molecular formula is C19H17N3O2S. The van der Waals surface area contributed by atoms with E-state index in [1.54, 1.807) is 30.5 Å². The molecule has 6 heteroatoms. The molecule has 0 radical (unpaired) electrons. The number of benzene rings is 1. The molecular weight excluding hydrogens is 334 g/mol. The fraction of sp³-hybridized carbons (Fsp3) is 0.158. The number of hydrogen-bond acceptors (Lipinski definition) is 5. The SMILES string of the molecule is CC(=O)c1cccc(NC(=O)Cc2sc(-c3ccccn3)nc2C)c1. The second-order valence-corrected chi connectivity index (χ2v) is 6.69. The van der Waals surface area contributed by atoms with Crippen molar-refractivity contribution in [1.82, 2.24) is 9.97 Å². The summed E-state index contributed by atoms with van der Waals surface area (Å²) in [4.78, 5) is 33.5. The summed E-state index contributed by atoms with van der Waals surface area (Å²) < 4.78 is 0. The van der Waals surface area contributed by atoms with Crippen LogP contribution in [0, 0.1) is 6.92 Å². The molecule has 1 amide bonds. The molecule has 2 heterocycles. The van der Waals surface area contributed by atoms with Gasteiger partial charge >= 0.3 is 0 Å². The average molecular weight is 351 g/mol. The van der Waals surface area contributed by atoms with Crippen molar-refractivity contribution in [2.75, 3.05) is 5.32 Å². The van der Waals surface area contributed by atoms with Crippen molar-refractivity contribution in [2.45, 2.75) is 20.3 Å². The second-order valence-electron chi connectivity index (χ2n) is 5.60. The number of nitrogens with one attached hydrogen (secondary N) is 1. The lowest BCUT2D eigenvalue weighted by Gasteiger charge is -2.05.